The molecule has 0 bridgehead atoms. The minimum atomic E-state index is -0.763. The minimum Gasteiger partial charge on any atom is -0.336 e. The third-order valence-corrected chi connectivity index (χ3v) is 7.06. The summed E-state index contributed by atoms with van der Waals surface area (Å²) in [5.41, 5.74) is 2.03. The molecule has 0 aromatic heterocycles. The van der Waals surface area contributed by atoms with Gasteiger partial charge in [-0.1, -0.05) is 38.8 Å². The Morgan fingerprint density at radius 2 is 1.50 bits per heavy atom. The van der Waals surface area contributed by atoms with Gasteiger partial charge < -0.3 is 10.2 Å². The van der Waals surface area contributed by atoms with E-state index in [1.54, 1.807) is 4.90 Å². The van der Waals surface area contributed by atoms with Crippen LogP contribution in [0.4, 0.5) is 14.5 Å². The van der Waals surface area contributed by atoms with E-state index >= 15 is 0 Å². The molecule has 1 unspecified atom stereocenters. The smallest absolute Gasteiger partial charge is 0.254 e. The van der Waals surface area contributed by atoms with Crippen molar-refractivity contribution in [3.63, 3.8) is 0 Å². The van der Waals surface area contributed by atoms with Crippen LogP contribution in [0.15, 0.2) is 42.5 Å². The van der Waals surface area contributed by atoms with Crippen LogP contribution in [0, 0.1) is 17.6 Å². The molecule has 1 atom stereocenters. The lowest BCUT2D eigenvalue weighted by Gasteiger charge is -2.40. The van der Waals surface area contributed by atoms with Crippen molar-refractivity contribution in [3.8, 4) is 0 Å². The van der Waals surface area contributed by atoms with Gasteiger partial charge in [0.1, 0.15) is 11.6 Å². The fourth-order valence-corrected chi connectivity index (χ4v) is 5.18. The summed E-state index contributed by atoms with van der Waals surface area (Å²) in [5.74, 6) is -1.20. The molecule has 0 spiro atoms. The highest BCUT2D eigenvalue weighted by atomic mass is 19.1. The van der Waals surface area contributed by atoms with Crippen molar-refractivity contribution in [1.29, 1.82) is 0 Å². The van der Waals surface area contributed by atoms with Gasteiger partial charge in [-0.15, -0.1) is 0 Å². The summed E-state index contributed by atoms with van der Waals surface area (Å²) in [5, 5.41) is 3.11. The maximum atomic E-state index is 13.6. The van der Waals surface area contributed by atoms with Crippen LogP contribution in [0.3, 0.4) is 0 Å². The summed E-state index contributed by atoms with van der Waals surface area (Å²) in [6, 6.07) is 10.6. The molecule has 2 aromatic rings. The van der Waals surface area contributed by atoms with Crippen LogP contribution in [0.1, 0.15) is 61.4 Å². The number of amides is 2. The van der Waals surface area contributed by atoms with E-state index in [9.17, 15) is 18.4 Å². The Morgan fingerprint density at radius 1 is 0.912 bits per heavy atom. The highest BCUT2D eigenvalue weighted by Gasteiger charge is 2.37. The van der Waals surface area contributed by atoms with E-state index in [1.807, 2.05) is 24.3 Å². The van der Waals surface area contributed by atoms with Crippen LogP contribution < -0.4 is 5.32 Å². The van der Waals surface area contributed by atoms with E-state index in [0.29, 0.717) is 32.1 Å². The minimum absolute atomic E-state index is 0.00354. The molecular formula is C27H33F2N3O2. The summed E-state index contributed by atoms with van der Waals surface area (Å²) in [7, 11) is 0. The summed E-state index contributed by atoms with van der Waals surface area (Å²) in [6.07, 6.45) is 4.29. The van der Waals surface area contributed by atoms with E-state index < -0.39 is 11.6 Å². The number of piperazine rings is 1. The van der Waals surface area contributed by atoms with Gasteiger partial charge in [0.15, 0.2) is 0 Å². The summed E-state index contributed by atoms with van der Waals surface area (Å²) >= 11 is 0. The van der Waals surface area contributed by atoms with E-state index in [1.165, 1.54) is 5.56 Å². The number of hydrogen-bond acceptors (Lipinski definition) is 3. The standard InChI is InChI=1S/C27H33F2N3O2/c1-18(2)19-7-9-24(10-8-19)30-26(33)25(20-5-3-4-6-20)31-11-13-32(14-12-31)27(34)21-15-22(28)17-23(29)16-21/h7-10,15-18,20,25H,3-6,11-14H2,1-2H3,(H,30,33). The molecule has 4 rings (SSSR count). The largest absolute Gasteiger partial charge is 0.336 e. The Kier molecular flexibility index (Phi) is 7.61. The average Bonchev–Trinajstić information content (AvgIpc) is 3.33. The second kappa shape index (κ2) is 10.6. The number of halogens is 2. The van der Waals surface area contributed by atoms with Gasteiger partial charge in [-0.05, 0) is 54.5 Å². The van der Waals surface area contributed by atoms with Gasteiger partial charge >= 0.3 is 0 Å². The van der Waals surface area contributed by atoms with Gasteiger partial charge in [-0.25, -0.2) is 8.78 Å². The van der Waals surface area contributed by atoms with Crippen LogP contribution in [-0.2, 0) is 4.79 Å². The van der Waals surface area contributed by atoms with Crippen molar-refractivity contribution in [1.82, 2.24) is 9.80 Å². The summed E-state index contributed by atoms with van der Waals surface area (Å²) in [6.45, 7) is 6.19. The number of carbonyl (C=O) groups excluding carboxylic acids is 2. The Morgan fingerprint density at radius 3 is 2.06 bits per heavy atom. The first-order valence-corrected chi connectivity index (χ1v) is 12.2. The molecule has 34 heavy (non-hydrogen) atoms. The molecule has 1 aliphatic heterocycles. The lowest BCUT2D eigenvalue weighted by atomic mass is 9.94. The van der Waals surface area contributed by atoms with Gasteiger partial charge in [0.25, 0.3) is 5.91 Å². The van der Waals surface area contributed by atoms with E-state index in [-0.39, 0.29) is 29.3 Å². The Bertz CT molecular complexity index is 991. The van der Waals surface area contributed by atoms with Crippen molar-refractivity contribution < 1.29 is 18.4 Å². The third-order valence-electron chi connectivity index (χ3n) is 7.06. The highest BCUT2D eigenvalue weighted by Crippen LogP contribution is 2.32. The van der Waals surface area contributed by atoms with Crippen LogP contribution in [0.25, 0.3) is 0 Å². The summed E-state index contributed by atoms with van der Waals surface area (Å²) in [4.78, 5) is 30.0. The highest BCUT2D eigenvalue weighted by molar-refractivity contribution is 5.95. The fraction of sp³-hybridized carbons (Fsp3) is 0.481. The topological polar surface area (TPSA) is 52.7 Å². The molecule has 2 amide bonds. The zero-order chi connectivity index (χ0) is 24.2. The first-order valence-electron chi connectivity index (χ1n) is 12.2. The van der Waals surface area contributed by atoms with Gasteiger partial charge in [-0.2, -0.15) is 0 Å². The second-order valence-corrected chi connectivity index (χ2v) is 9.74. The van der Waals surface area contributed by atoms with Crippen molar-refractivity contribution >= 4 is 17.5 Å². The first-order chi connectivity index (χ1) is 16.3. The maximum absolute atomic E-state index is 13.6. The Labute approximate surface area is 200 Å². The SMILES string of the molecule is CC(C)c1ccc(NC(=O)C(C2CCCC2)N2CCN(C(=O)c3cc(F)cc(F)c3)CC2)cc1. The molecule has 1 aliphatic carbocycles. The van der Waals surface area contributed by atoms with E-state index in [4.69, 9.17) is 0 Å². The predicted octanol–water partition coefficient (Wildman–Crippen LogP) is 5.04. The molecule has 182 valence electrons. The van der Waals surface area contributed by atoms with E-state index in [2.05, 4.69) is 24.1 Å². The van der Waals surface area contributed by atoms with Gasteiger partial charge in [0.2, 0.25) is 5.91 Å². The molecule has 1 saturated heterocycles. The van der Waals surface area contributed by atoms with E-state index in [0.717, 1.165) is 49.6 Å². The number of hydrogen-bond donors (Lipinski definition) is 1. The zero-order valence-corrected chi connectivity index (χ0v) is 19.9. The lowest BCUT2D eigenvalue weighted by Crippen LogP contribution is -2.56. The maximum Gasteiger partial charge on any atom is 0.254 e. The number of benzene rings is 2. The lowest BCUT2D eigenvalue weighted by molar-refractivity contribution is -0.123. The van der Waals surface area contributed by atoms with Crippen molar-refractivity contribution in [2.75, 3.05) is 31.5 Å². The molecule has 1 heterocycles. The van der Waals surface area contributed by atoms with Crippen LogP contribution >= 0.6 is 0 Å². The predicted molar refractivity (Wildman–Crippen MR) is 129 cm³/mol. The monoisotopic (exact) mass is 469 g/mol. The van der Waals surface area contributed by atoms with Crippen LogP contribution in [-0.4, -0.2) is 53.8 Å². The molecule has 5 nitrogen and oxygen atoms in total. The van der Waals surface area contributed by atoms with Crippen LogP contribution in [0.2, 0.25) is 0 Å². The molecule has 2 aliphatic rings. The zero-order valence-electron chi connectivity index (χ0n) is 19.9. The first kappa shape index (κ1) is 24.3. The van der Waals surface area contributed by atoms with Gasteiger partial charge in [0, 0.05) is 43.5 Å². The van der Waals surface area contributed by atoms with Crippen molar-refractivity contribution in [2.45, 2.75) is 51.5 Å². The van der Waals surface area contributed by atoms with Crippen molar-refractivity contribution in [3.05, 3.63) is 65.2 Å². The van der Waals surface area contributed by atoms with Crippen LogP contribution in [0.5, 0.6) is 0 Å². The molecule has 1 N–H and O–H groups in total. The van der Waals surface area contributed by atoms with Gasteiger partial charge in [-0.3, -0.25) is 14.5 Å². The number of nitrogens with zero attached hydrogens (tertiary/aromatic N) is 2. The number of rotatable bonds is 6. The van der Waals surface area contributed by atoms with Crippen molar-refractivity contribution in [2.24, 2.45) is 5.92 Å². The van der Waals surface area contributed by atoms with Gasteiger partial charge in [0.05, 0.1) is 6.04 Å². The summed E-state index contributed by atoms with van der Waals surface area (Å²) < 4.78 is 27.1. The number of anilines is 1. The molecule has 1 saturated carbocycles. The molecule has 2 aromatic carbocycles. The Balaban J connectivity index is 1.43. The Hall–Kier alpha value is -2.80. The number of carbonyl (C=O) groups is 2. The molecular weight excluding hydrogens is 436 g/mol. The normalized spacial score (nSPS) is 18.3. The third kappa shape index (κ3) is 5.63. The quantitative estimate of drug-likeness (QED) is 0.645. The average molecular weight is 470 g/mol. The second-order valence-electron chi connectivity index (χ2n) is 9.74. The molecule has 2 fully saturated rings. The molecule has 0 radical (unpaired) electrons. The molecule has 7 heteroatoms. The number of nitrogens with one attached hydrogen (secondary N) is 1. The fourth-order valence-electron chi connectivity index (χ4n) is 5.18.